The van der Waals surface area contributed by atoms with Gasteiger partial charge in [0.1, 0.15) is 0 Å². The summed E-state index contributed by atoms with van der Waals surface area (Å²) in [7, 11) is -12.2. The smallest absolute Gasteiger partial charge is 0.485 e. The average Bonchev–Trinajstić information content (AvgIpc) is 3.10. The third-order valence-corrected chi connectivity index (χ3v) is 10.2. The molecule has 3 aromatic carbocycles. The minimum absolute atomic E-state index is 1.02. The highest BCUT2D eigenvalue weighted by atomic mass is 32.2. The van der Waals surface area contributed by atoms with Gasteiger partial charge in [-0.25, -0.2) is 16.8 Å². The van der Waals surface area contributed by atoms with Crippen molar-refractivity contribution in [3.8, 4) is 22.5 Å². The first-order valence-electron chi connectivity index (χ1n) is 16.2. The number of aryl methyl sites for hydroxylation is 2. The number of halogens is 6. The van der Waals surface area contributed by atoms with Crippen molar-refractivity contribution in [3.05, 3.63) is 131 Å². The second-order valence-electron chi connectivity index (χ2n) is 12.4. The monoisotopic (exact) mass is 790 g/mol. The lowest BCUT2D eigenvalue weighted by atomic mass is 9.79. The lowest BCUT2D eigenvalue weighted by Gasteiger charge is -2.27. The summed E-state index contributed by atoms with van der Waals surface area (Å²) in [6, 6.07) is 26.2. The molecule has 0 radical (unpaired) electrons. The SMILES string of the molecule is Cc1c(C)c2c(c3c1CC[n+]1ccc(/C=C/C=C/c4ccccc4)cc1-3)-c1c3ccccc3cc[n+]1CC2.O=S(=O)([O-])C(F)(F)F.O=S(=O)([O-])C(F)(F)F. The molecule has 2 aromatic heterocycles. The minimum Gasteiger partial charge on any atom is -0.741 e. The molecular formula is C38H32F6N2O6S2. The van der Waals surface area contributed by atoms with E-state index in [1.807, 2.05) is 0 Å². The van der Waals surface area contributed by atoms with Crippen LogP contribution in [0, 0.1) is 13.8 Å². The Hall–Kier alpha value is -4.90. The highest BCUT2D eigenvalue weighted by Gasteiger charge is 2.38. The Bertz CT molecular complexity index is 2460. The van der Waals surface area contributed by atoms with Crippen LogP contribution in [0.2, 0.25) is 0 Å². The highest BCUT2D eigenvalue weighted by Crippen LogP contribution is 2.44. The largest absolute Gasteiger partial charge is 0.741 e. The summed E-state index contributed by atoms with van der Waals surface area (Å²) >= 11 is 0. The van der Waals surface area contributed by atoms with Crippen molar-refractivity contribution < 1.29 is 61.4 Å². The highest BCUT2D eigenvalue weighted by molar-refractivity contribution is 7.86. The van der Waals surface area contributed by atoms with Crippen molar-refractivity contribution in [2.75, 3.05) is 0 Å². The maximum atomic E-state index is 10.7. The fraction of sp³-hybridized carbons (Fsp3) is 0.211. The Labute approximate surface area is 307 Å². The van der Waals surface area contributed by atoms with Crippen LogP contribution < -0.4 is 9.13 Å². The number of allylic oxidation sites excluding steroid dienone is 2. The van der Waals surface area contributed by atoms with Gasteiger partial charge in [0.05, 0.1) is 16.5 Å². The zero-order valence-corrected chi connectivity index (χ0v) is 30.3. The molecule has 4 heterocycles. The van der Waals surface area contributed by atoms with Gasteiger partial charge in [-0.15, -0.1) is 0 Å². The van der Waals surface area contributed by atoms with Crippen LogP contribution in [0.15, 0.2) is 97.3 Å². The number of hydrogen-bond donors (Lipinski definition) is 0. The maximum Gasteiger partial charge on any atom is 0.485 e. The molecule has 16 heteroatoms. The van der Waals surface area contributed by atoms with Crippen molar-refractivity contribution in [1.82, 2.24) is 0 Å². The van der Waals surface area contributed by atoms with Crippen LogP contribution in [0.3, 0.4) is 0 Å². The number of aromatic nitrogens is 2. The van der Waals surface area contributed by atoms with Gasteiger partial charge < -0.3 is 9.11 Å². The summed E-state index contributed by atoms with van der Waals surface area (Å²) in [6.07, 6.45) is 15.4. The van der Waals surface area contributed by atoms with Crippen LogP contribution in [0.1, 0.15) is 33.4 Å². The summed E-state index contributed by atoms with van der Waals surface area (Å²) in [6.45, 7) is 6.74. The molecule has 7 rings (SSSR count). The number of hydrogen-bond acceptors (Lipinski definition) is 6. The molecule has 54 heavy (non-hydrogen) atoms. The number of pyridine rings is 2. The predicted octanol–water partition coefficient (Wildman–Crippen LogP) is 7.31. The van der Waals surface area contributed by atoms with Gasteiger partial charge in [0.25, 0.3) is 0 Å². The van der Waals surface area contributed by atoms with E-state index in [2.05, 4.69) is 132 Å². The van der Waals surface area contributed by atoms with Crippen LogP contribution in [0.4, 0.5) is 26.3 Å². The number of benzene rings is 3. The summed E-state index contributed by atoms with van der Waals surface area (Å²) in [5.41, 5.74) is 2.76. The molecule has 8 nitrogen and oxygen atoms in total. The Morgan fingerprint density at radius 2 is 1.11 bits per heavy atom. The summed E-state index contributed by atoms with van der Waals surface area (Å²) in [4.78, 5) is 0. The van der Waals surface area contributed by atoms with Crippen LogP contribution in [0.5, 0.6) is 0 Å². The number of alkyl halides is 6. The van der Waals surface area contributed by atoms with E-state index in [1.165, 1.54) is 66.7 Å². The van der Waals surface area contributed by atoms with E-state index < -0.39 is 31.3 Å². The molecule has 2 aliphatic heterocycles. The molecule has 0 N–H and O–H groups in total. The second-order valence-corrected chi connectivity index (χ2v) is 15.1. The van der Waals surface area contributed by atoms with Crippen molar-refractivity contribution in [2.45, 2.75) is 50.8 Å². The van der Waals surface area contributed by atoms with E-state index in [1.54, 1.807) is 0 Å². The van der Waals surface area contributed by atoms with Crippen molar-refractivity contribution in [3.63, 3.8) is 0 Å². The molecule has 0 bridgehead atoms. The van der Waals surface area contributed by atoms with E-state index in [0.717, 1.165) is 25.9 Å². The van der Waals surface area contributed by atoms with Crippen LogP contribution in [0.25, 0.3) is 45.4 Å². The molecule has 0 spiro atoms. The molecule has 0 aliphatic carbocycles. The van der Waals surface area contributed by atoms with E-state index >= 15 is 0 Å². The second kappa shape index (κ2) is 15.5. The quantitative estimate of drug-likeness (QED) is 0.0622. The van der Waals surface area contributed by atoms with Gasteiger partial charge in [-0.3, -0.25) is 0 Å². The maximum absolute atomic E-state index is 10.7. The van der Waals surface area contributed by atoms with Gasteiger partial charge >= 0.3 is 11.0 Å². The molecule has 0 unspecified atom stereocenters. The van der Waals surface area contributed by atoms with Crippen LogP contribution in [-0.4, -0.2) is 37.0 Å². The van der Waals surface area contributed by atoms with E-state index in [0.29, 0.717) is 0 Å². The fourth-order valence-corrected chi connectivity index (χ4v) is 6.44. The third kappa shape index (κ3) is 8.73. The Morgan fingerprint density at radius 3 is 1.69 bits per heavy atom. The summed E-state index contributed by atoms with van der Waals surface area (Å²) in [5.74, 6) is 0. The minimum atomic E-state index is -6.09. The Morgan fingerprint density at radius 1 is 0.630 bits per heavy atom. The van der Waals surface area contributed by atoms with E-state index in [9.17, 15) is 26.3 Å². The first-order chi connectivity index (χ1) is 25.2. The van der Waals surface area contributed by atoms with Crippen LogP contribution >= 0.6 is 0 Å². The molecule has 2 aliphatic rings. The summed E-state index contributed by atoms with van der Waals surface area (Å²) < 4.78 is 123. The first kappa shape index (κ1) is 40.3. The van der Waals surface area contributed by atoms with Crippen molar-refractivity contribution >= 4 is 43.2 Å². The van der Waals surface area contributed by atoms with Crippen LogP contribution in [-0.2, 0) is 46.2 Å². The molecule has 0 fully saturated rings. The molecule has 0 saturated carbocycles. The fourth-order valence-electron chi connectivity index (χ4n) is 6.44. The van der Waals surface area contributed by atoms with Gasteiger partial charge in [-0.2, -0.15) is 35.5 Å². The number of fused-ring (bicyclic) bond motifs is 9. The van der Waals surface area contributed by atoms with Gasteiger partial charge in [0, 0.05) is 31.0 Å². The number of rotatable bonds is 3. The molecule has 0 amide bonds. The Kier molecular flexibility index (Phi) is 11.5. The van der Waals surface area contributed by atoms with Gasteiger partial charge in [-0.1, -0.05) is 72.8 Å². The predicted molar refractivity (Wildman–Crippen MR) is 188 cm³/mol. The average molecular weight is 791 g/mol. The molecular weight excluding hydrogens is 759 g/mol. The standard InChI is InChI=1S/C36H32N2.2CHF3O3S/c1-25-26(2)31-19-23-38-21-17-29-14-8-9-15-32(29)36(38)35(31)34-30(25)18-22-37-20-16-28(24-33(34)37)13-7-6-12-27-10-4-3-5-11-27;2*2-1(3,4)8(5,6)7/h3-17,20-21,24H,18-19,22-23H2,1-2H3;2*(H,5,6,7)/q+2;;/p-2/b12-6+,13-7+;;. The van der Waals surface area contributed by atoms with E-state index in [4.69, 9.17) is 25.9 Å². The van der Waals surface area contributed by atoms with Crippen molar-refractivity contribution in [1.29, 1.82) is 0 Å². The first-order valence-corrected chi connectivity index (χ1v) is 19.0. The topological polar surface area (TPSA) is 122 Å². The van der Waals surface area contributed by atoms with Gasteiger partial charge in [0.2, 0.25) is 11.4 Å². The molecule has 5 aromatic rings. The van der Waals surface area contributed by atoms with E-state index in [-0.39, 0.29) is 0 Å². The molecule has 0 atom stereocenters. The van der Waals surface area contributed by atoms with Gasteiger partial charge in [-0.05, 0) is 58.7 Å². The van der Waals surface area contributed by atoms with Crippen molar-refractivity contribution in [2.24, 2.45) is 0 Å². The lowest BCUT2D eigenvalue weighted by Crippen LogP contribution is -2.43. The number of nitrogens with zero attached hydrogens (tertiary/aromatic N) is 2. The zero-order valence-electron chi connectivity index (χ0n) is 28.6. The molecule has 0 saturated heterocycles. The third-order valence-electron chi connectivity index (χ3n) is 9.07. The lowest BCUT2D eigenvalue weighted by molar-refractivity contribution is -0.689. The zero-order chi connectivity index (χ0) is 39.6. The normalized spacial score (nSPS) is 14.0. The molecule has 284 valence electrons. The Balaban J connectivity index is 0.000000295. The van der Waals surface area contributed by atoms with Gasteiger partial charge in [0.15, 0.2) is 45.7 Å². The summed E-state index contributed by atoms with van der Waals surface area (Å²) in [5, 5.41) is 2.66.